The summed E-state index contributed by atoms with van der Waals surface area (Å²) in [7, 11) is -3.42. The van der Waals surface area contributed by atoms with Crippen LogP contribution in [0.2, 0.25) is 0 Å². The van der Waals surface area contributed by atoms with Crippen molar-refractivity contribution in [1.82, 2.24) is 15.1 Å². The molecule has 0 bridgehead atoms. The third-order valence-corrected chi connectivity index (χ3v) is 7.46. The summed E-state index contributed by atoms with van der Waals surface area (Å²) in [6, 6.07) is 11.7. The maximum atomic E-state index is 13.8. The fourth-order valence-corrected chi connectivity index (χ4v) is 5.57. The largest absolute Gasteiger partial charge is 0.416 e. The van der Waals surface area contributed by atoms with Gasteiger partial charge in [0.1, 0.15) is 0 Å². The van der Waals surface area contributed by atoms with E-state index < -0.39 is 27.7 Å². The van der Waals surface area contributed by atoms with Crippen LogP contribution >= 0.6 is 0 Å². The Labute approximate surface area is 195 Å². The molecule has 0 unspecified atom stereocenters. The Morgan fingerprint density at radius 1 is 1.09 bits per heavy atom. The number of sulfonamides is 1. The first-order chi connectivity index (χ1) is 16.0. The Kier molecular flexibility index (Phi) is 6.15. The van der Waals surface area contributed by atoms with Crippen molar-refractivity contribution >= 4 is 21.6 Å². The highest BCUT2D eigenvalue weighted by Crippen LogP contribution is 2.34. The molecule has 0 spiro atoms. The normalized spacial score (nSPS) is 15.5. The molecule has 7 nitrogen and oxygen atoms in total. The molecule has 1 amide bonds. The molecule has 0 radical (unpaired) electrons. The van der Waals surface area contributed by atoms with Gasteiger partial charge in [-0.15, -0.1) is 0 Å². The van der Waals surface area contributed by atoms with Gasteiger partial charge in [-0.3, -0.25) is 9.10 Å². The van der Waals surface area contributed by atoms with Crippen molar-refractivity contribution in [3.05, 3.63) is 76.6 Å². The summed E-state index contributed by atoms with van der Waals surface area (Å²) in [6.07, 6.45) is -4.14. The Balaban J connectivity index is 1.56. The van der Waals surface area contributed by atoms with Crippen molar-refractivity contribution in [1.29, 1.82) is 0 Å². The molecule has 1 N–H and O–H groups in total. The minimum absolute atomic E-state index is 0.0390. The van der Waals surface area contributed by atoms with Crippen molar-refractivity contribution in [3.63, 3.8) is 0 Å². The molecule has 1 aromatic heterocycles. The van der Waals surface area contributed by atoms with Gasteiger partial charge in [-0.1, -0.05) is 12.1 Å². The van der Waals surface area contributed by atoms with E-state index in [1.807, 2.05) is 0 Å². The third-order valence-electron chi connectivity index (χ3n) is 5.59. The molecule has 0 atom stereocenters. The highest BCUT2D eigenvalue weighted by Gasteiger charge is 2.34. The van der Waals surface area contributed by atoms with E-state index in [9.17, 15) is 26.4 Å². The van der Waals surface area contributed by atoms with E-state index in [-0.39, 0.29) is 29.1 Å². The predicted octanol–water partition coefficient (Wildman–Crippen LogP) is 3.98. The number of hydrogen-bond donors (Lipinski definition) is 1. The summed E-state index contributed by atoms with van der Waals surface area (Å²) in [5.41, 5.74) is 1.22. The van der Waals surface area contributed by atoms with Crippen LogP contribution in [0, 0.1) is 13.8 Å². The van der Waals surface area contributed by atoms with Crippen LogP contribution in [0.15, 0.2) is 48.5 Å². The van der Waals surface area contributed by atoms with E-state index in [1.54, 1.807) is 32.0 Å². The molecule has 1 saturated heterocycles. The lowest BCUT2D eigenvalue weighted by molar-refractivity contribution is -0.138. The maximum absolute atomic E-state index is 13.8. The topological polar surface area (TPSA) is 84.3 Å². The van der Waals surface area contributed by atoms with Crippen LogP contribution in [0.25, 0.3) is 5.69 Å². The van der Waals surface area contributed by atoms with E-state index in [4.69, 9.17) is 0 Å². The lowest BCUT2D eigenvalue weighted by atomic mass is 10.1. The number of aromatic nitrogens is 2. The second-order valence-electron chi connectivity index (χ2n) is 8.15. The summed E-state index contributed by atoms with van der Waals surface area (Å²) in [5.74, 6) is -0.564. The van der Waals surface area contributed by atoms with Crippen molar-refractivity contribution in [3.8, 4) is 5.69 Å². The van der Waals surface area contributed by atoms with Crippen LogP contribution in [0.1, 0.15) is 39.3 Å². The van der Waals surface area contributed by atoms with Crippen LogP contribution in [0.5, 0.6) is 0 Å². The third kappa shape index (κ3) is 4.79. The second-order valence-corrected chi connectivity index (χ2v) is 10.2. The van der Waals surface area contributed by atoms with Crippen molar-refractivity contribution in [2.75, 3.05) is 16.6 Å². The zero-order valence-electron chi connectivity index (χ0n) is 18.6. The molecule has 1 aliphatic rings. The summed E-state index contributed by atoms with van der Waals surface area (Å²) >= 11 is 0. The molecule has 4 rings (SSSR count). The van der Waals surface area contributed by atoms with Gasteiger partial charge in [0.2, 0.25) is 10.0 Å². The van der Waals surface area contributed by atoms with Gasteiger partial charge < -0.3 is 5.32 Å². The molecule has 0 saturated carbocycles. The van der Waals surface area contributed by atoms with Gasteiger partial charge in [0.05, 0.1) is 28.4 Å². The van der Waals surface area contributed by atoms with Gasteiger partial charge in [0, 0.05) is 24.3 Å². The number of amides is 1. The first-order valence-corrected chi connectivity index (χ1v) is 12.2. The number of hydrogen-bond acceptors (Lipinski definition) is 4. The molecule has 2 heterocycles. The van der Waals surface area contributed by atoms with E-state index in [2.05, 4.69) is 10.4 Å². The molecule has 180 valence electrons. The zero-order chi connectivity index (χ0) is 24.7. The number of nitrogens with one attached hydrogen (secondary N) is 1. The van der Waals surface area contributed by atoms with Crippen LogP contribution in [-0.4, -0.2) is 36.4 Å². The monoisotopic (exact) mass is 492 g/mol. The maximum Gasteiger partial charge on any atom is 0.416 e. The Morgan fingerprint density at radius 3 is 2.47 bits per heavy atom. The van der Waals surface area contributed by atoms with E-state index in [0.717, 1.165) is 6.07 Å². The quantitative estimate of drug-likeness (QED) is 0.584. The van der Waals surface area contributed by atoms with Crippen LogP contribution < -0.4 is 9.62 Å². The summed E-state index contributed by atoms with van der Waals surface area (Å²) in [4.78, 5) is 12.7. The molecule has 34 heavy (non-hydrogen) atoms. The number of benzene rings is 2. The molecule has 2 aromatic carbocycles. The highest BCUT2D eigenvalue weighted by atomic mass is 32.2. The van der Waals surface area contributed by atoms with Crippen molar-refractivity contribution in [2.24, 2.45) is 0 Å². The van der Waals surface area contributed by atoms with Crippen molar-refractivity contribution < 1.29 is 26.4 Å². The summed E-state index contributed by atoms with van der Waals surface area (Å²) < 4.78 is 68.3. The molecule has 0 aliphatic carbocycles. The smallest absolute Gasteiger partial charge is 0.348 e. The number of aryl methyl sites for hydroxylation is 2. The predicted molar refractivity (Wildman–Crippen MR) is 121 cm³/mol. The Bertz CT molecular complexity index is 1350. The average molecular weight is 493 g/mol. The van der Waals surface area contributed by atoms with Crippen LogP contribution in [-0.2, 0) is 22.7 Å². The Morgan fingerprint density at radius 2 is 1.85 bits per heavy atom. The minimum Gasteiger partial charge on any atom is -0.348 e. The number of anilines is 1. The van der Waals surface area contributed by atoms with E-state index in [0.29, 0.717) is 30.0 Å². The van der Waals surface area contributed by atoms with Gasteiger partial charge >= 0.3 is 6.18 Å². The molecular formula is C23H23F3N4O3S. The number of carbonyl (C=O) groups excluding carboxylic acids is 1. The van der Waals surface area contributed by atoms with Gasteiger partial charge in [0.25, 0.3) is 5.91 Å². The zero-order valence-corrected chi connectivity index (χ0v) is 19.4. The average Bonchev–Trinajstić information content (AvgIpc) is 3.31. The van der Waals surface area contributed by atoms with E-state index >= 15 is 0 Å². The lowest BCUT2D eigenvalue weighted by Gasteiger charge is -2.18. The van der Waals surface area contributed by atoms with Gasteiger partial charge in [-0.2, -0.15) is 18.3 Å². The minimum atomic E-state index is -4.63. The summed E-state index contributed by atoms with van der Waals surface area (Å²) in [5, 5.41) is 6.74. The molecule has 1 aliphatic heterocycles. The summed E-state index contributed by atoms with van der Waals surface area (Å²) in [6.45, 7) is 3.48. The number of halogens is 3. The van der Waals surface area contributed by atoms with Crippen LogP contribution in [0.3, 0.4) is 0 Å². The number of rotatable bonds is 5. The van der Waals surface area contributed by atoms with Gasteiger partial charge in [0.15, 0.2) is 0 Å². The first-order valence-electron chi connectivity index (χ1n) is 10.6. The van der Waals surface area contributed by atoms with Crippen LogP contribution in [0.4, 0.5) is 18.9 Å². The fraction of sp³-hybridized carbons (Fsp3) is 0.304. The first kappa shape index (κ1) is 23.8. The number of carbonyl (C=O) groups is 1. The fourth-order valence-electron chi connectivity index (χ4n) is 4.01. The SMILES string of the molecule is Cc1cc(C)n(-c2ccc(CNC(=O)c3cccc(N4CCCS4(=O)=O)c3)c(C(F)(F)F)c2)n1. The molecular weight excluding hydrogens is 469 g/mol. The van der Waals surface area contributed by atoms with Gasteiger partial charge in [-0.25, -0.2) is 13.1 Å². The van der Waals surface area contributed by atoms with E-state index in [1.165, 1.54) is 33.3 Å². The van der Waals surface area contributed by atoms with Crippen molar-refractivity contribution in [2.45, 2.75) is 33.0 Å². The highest BCUT2D eigenvalue weighted by molar-refractivity contribution is 7.93. The standard InChI is InChI=1S/C23H23F3N4O3S/c1-15-11-16(2)30(28-15)20-8-7-18(21(13-20)23(24,25)26)14-27-22(31)17-5-3-6-19(12-17)29-9-4-10-34(29,32)33/h3,5-8,11-13H,4,9-10,14H2,1-2H3,(H,27,31). The van der Waals surface area contributed by atoms with Gasteiger partial charge in [-0.05, 0) is 62.2 Å². The number of nitrogens with zero attached hydrogens (tertiary/aromatic N) is 3. The molecule has 1 fully saturated rings. The molecule has 11 heteroatoms. The Hall–Kier alpha value is -3.34. The lowest BCUT2D eigenvalue weighted by Crippen LogP contribution is -2.27. The second kappa shape index (κ2) is 8.79. The number of alkyl halides is 3. The molecule has 3 aromatic rings.